The van der Waals surface area contributed by atoms with Gasteiger partial charge in [0.15, 0.2) is 5.60 Å². The highest BCUT2D eigenvalue weighted by Crippen LogP contribution is 2.25. The molecule has 0 saturated carbocycles. The molecule has 1 heterocycles. The number of hydrogen-bond acceptors (Lipinski definition) is 4. The summed E-state index contributed by atoms with van der Waals surface area (Å²) in [5.74, 6) is -1.98. The van der Waals surface area contributed by atoms with Gasteiger partial charge in [0.2, 0.25) is 5.91 Å². The van der Waals surface area contributed by atoms with Gasteiger partial charge in [0.05, 0.1) is 0 Å². The number of nitrogens with one attached hydrogen (secondary N) is 1. The summed E-state index contributed by atoms with van der Waals surface area (Å²) in [5.41, 5.74) is -0.738. The van der Waals surface area contributed by atoms with Gasteiger partial charge in [-0.2, -0.15) is 0 Å². The van der Waals surface area contributed by atoms with Gasteiger partial charge < -0.3 is 20.4 Å². The standard InChI is InChI=1S/C21H22N2O5/c24-18(16-9-5-2-6-10-16)22-17(15-7-3-1-4-8-15)19(25)23-13-11-21(28,12-14-23)20(26)27/h1-10,17,28H,11-14H2,(H,22,24)(H,26,27). The molecule has 1 fully saturated rings. The number of piperidine rings is 1. The van der Waals surface area contributed by atoms with Crippen molar-refractivity contribution in [3.05, 3.63) is 71.8 Å². The lowest BCUT2D eigenvalue weighted by molar-refractivity contribution is -0.165. The maximum absolute atomic E-state index is 13.1. The Morgan fingerprint density at radius 1 is 0.929 bits per heavy atom. The second kappa shape index (κ2) is 8.22. The monoisotopic (exact) mass is 382 g/mol. The van der Waals surface area contributed by atoms with Crippen molar-refractivity contribution in [2.45, 2.75) is 24.5 Å². The smallest absolute Gasteiger partial charge is 0.335 e. The predicted molar refractivity (Wildman–Crippen MR) is 101 cm³/mol. The maximum Gasteiger partial charge on any atom is 0.335 e. The molecular formula is C21H22N2O5. The quantitative estimate of drug-likeness (QED) is 0.728. The van der Waals surface area contributed by atoms with Gasteiger partial charge in [-0.1, -0.05) is 48.5 Å². The Bertz CT molecular complexity index is 846. The molecule has 2 amide bonds. The van der Waals surface area contributed by atoms with E-state index in [2.05, 4.69) is 5.32 Å². The van der Waals surface area contributed by atoms with E-state index in [1.54, 1.807) is 54.6 Å². The van der Waals surface area contributed by atoms with Crippen LogP contribution in [0.25, 0.3) is 0 Å². The fraction of sp³-hybridized carbons (Fsp3) is 0.286. The van der Waals surface area contributed by atoms with E-state index in [1.807, 2.05) is 6.07 Å². The van der Waals surface area contributed by atoms with Gasteiger partial charge in [-0.3, -0.25) is 9.59 Å². The second-order valence-corrected chi connectivity index (χ2v) is 6.85. The second-order valence-electron chi connectivity index (χ2n) is 6.85. The minimum absolute atomic E-state index is 0.0534. The molecule has 3 rings (SSSR count). The van der Waals surface area contributed by atoms with E-state index in [4.69, 9.17) is 5.11 Å². The van der Waals surface area contributed by atoms with Crippen LogP contribution >= 0.6 is 0 Å². The number of likely N-dealkylation sites (tertiary alicyclic amines) is 1. The fourth-order valence-electron chi connectivity index (χ4n) is 3.23. The third kappa shape index (κ3) is 4.20. The molecule has 0 bridgehead atoms. The summed E-state index contributed by atoms with van der Waals surface area (Å²) in [7, 11) is 0. The molecule has 1 unspecified atom stereocenters. The molecule has 0 aromatic heterocycles. The van der Waals surface area contributed by atoms with Crippen LogP contribution in [0.5, 0.6) is 0 Å². The van der Waals surface area contributed by atoms with Crippen LogP contribution in [0, 0.1) is 0 Å². The Hall–Kier alpha value is -3.19. The third-order valence-corrected chi connectivity index (χ3v) is 4.99. The molecule has 0 aliphatic carbocycles. The molecular weight excluding hydrogens is 360 g/mol. The molecule has 7 heteroatoms. The van der Waals surface area contributed by atoms with E-state index in [1.165, 1.54) is 4.90 Å². The van der Waals surface area contributed by atoms with Crippen LogP contribution in [0.15, 0.2) is 60.7 Å². The number of amides is 2. The Balaban J connectivity index is 1.79. The van der Waals surface area contributed by atoms with Crippen molar-refractivity contribution >= 4 is 17.8 Å². The summed E-state index contributed by atoms with van der Waals surface area (Å²) in [4.78, 5) is 38.4. The van der Waals surface area contributed by atoms with E-state index < -0.39 is 17.6 Å². The molecule has 2 aromatic carbocycles. The molecule has 28 heavy (non-hydrogen) atoms. The summed E-state index contributed by atoms with van der Waals surface area (Å²) < 4.78 is 0. The largest absolute Gasteiger partial charge is 0.479 e. The minimum atomic E-state index is -1.81. The van der Waals surface area contributed by atoms with Crippen LogP contribution in [0.2, 0.25) is 0 Å². The number of benzene rings is 2. The van der Waals surface area contributed by atoms with E-state index in [9.17, 15) is 19.5 Å². The van der Waals surface area contributed by atoms with Crippen molar-refractivity contribution in [3.8, 4) is 0 Å². The number of carboxylic acid groups (broad SMARTS) is 1. The number of aliphatic hydroxyl groups is 1. The summed E-state index contributed by atoms with van der Waals surface area (Å²) in [6.45, 7) is 0.207. The molecule has 2 aromatic rings. The highest BCUT2D eigenvalue weighted by Gasteiger charge is 2.41. The fourth-order valence-corrected chi connectivity index (χ4v) is 3.23. The Morgan fingerprint density at radius 3 is 2.00 bits per heavy atom. The van der Waals surface area contributed by atoms with Crippen molar-refractivity contribution in [2.75, 3.05) is 13.1 Å². The lowest BCUT2D eigenvalue weighted by Crippen LogP contribution is -2.53. The molecule has 1 aliphatic heterocycles. The minimum Gasteiger partial charge on any atom is -0.479 e. The molecule has 1 saturated heterocycles. The molecule has 7 nitrogen and oxygen atoms in total. The highest BCUT2D eigenvalue weighted by atomic mass is 16.4. The first-order valence-corrected chi connectivity index (χ1v) is 9.06. The number of carboxylic acids is 1. The molecule has 1 aliphatic rings. The zero-order valence-corrected chi connectivity index (χ0v) is 15.2. The number of nitrogens with zero attached hydrogens (tertiary/aromatic N) is 1. The summed E-state index contributed by atoms with van der Waals surface area (Å²) >= 11 is 0. The first-order valence-electron chi connectivity index (χ1n) is 9.06. The van der Waals surface area contributed by atoms with Crippen LogP contribution in [0.4, 0.5) is 0 Å². The lowest BCUT2D eigenvalue weighted by Gasteiger charge is -2.37. The Labute approximate surface area is 162 Å². The van der Waals surface area contributed by atoms with Crippen molar-refractivity contribution in [1.29, 1.82) is 0 Å². The zero-order chi connectivity index (χ0) is 20.1. The van der Waals surface area contributed by atoms with Crippen LogP contribution in [-0.4, -0.2) is 51.6 Å². The number of aliphatic carboxylic acids is 1. The van der Waals surface area contributed by atoms with E-state index in [0.717, 1.165) is 0 Å². The number of carbonyl (C=O) groups excluding carboxylic acids is 2. The van der Waals surface area contributed by atoms with E-state index in [-0.39, 0.29) is 37.7 Å². The summed E-state index contributed by atoms with van der Waals surface area (Å²) in [6, 6.07) is 16.6. The summed E-state index contributed by atoms with van der Waals surface area (Å²) in [5, 5.41) is 22.0. The topological polar surface area (TPSA) is 107 Å². The Kier molecular flexibility index (Phi) is 5.75. The van der Waals surface area contributed by atoms with Crippen LogP contribution < -0.4 is 5.32 Å². The number of carbonyl (C=O) groups is 3. The number of hydrogen-bond donors (Lipinski definition) is 3. The van der Waals surface area contributed by atoms with Gasteiger partial charge in [-0.05, 0) is 17.7 Å². The van der Waals surface area contributed by atoms with Gasteiger partial charge in [-0.15, -0.1) is 0 Å². The predicted octanol–water partition coefficient (Wildman–Crippen LogP) is 1.60. The van der Waals surface area contributed by atoms with Crippen LogP contribution in [0.3, 0.4) is 0 Å². The third-order valence-electron chi connectivity index (χ3n) is 4.99. The van der Waals surface area contributed by atoms with Crippen molar-refractivity contribution in [3.63, 3.8) is 0 Å². The molecule has 146 valence electrons. The molecule has 1 atom stereocenters. The first-order chi connectivity index (χ1) is 13.4. The molecule has 0 spiro atoms. The average Bonchev–Trinajstić information content (AvgIpc) is 2.73. The number of rotatable bonds is 5. The average molecular weight is 382 g/mol. The molecule has 0 radical (unpaired) electrons. The van der Waals surface area contributed by atoms with E-state index >= 15 is 0 Å². The van der Waals surface area contributed by atoms with Crippen molar-refractivity contribution < 1.29 is 24.6 Å². The normalized spacial score (nSPS) is 16.8. The van der Waals surface area contributed by atoms with Crippen molar-refractivity contribution in [2.24, 2.45) is 0 Å². The van der Waals surface area contributed by atoms with Crippen LogP contribution in [0.1, 0.15) is 34.8 Å². The Morgan fingerprint density at radius 2 is 1.46 bits per heavy atom. The zero-order valence-electron chi connectivity index (χ0n) is 15.2. The van der Waals surface area contributed by atoms with Gasteiger partial charge in [0, 0.05) is 31.5 Å². The maximum atomic E-state index is 13.1. The van der Waals surface area contributed by atoms with Gasteiger partial charge in [0.1, 0.15) is 6.04 Å². The van der Waals surface area contributed by atoms with Crippen LogP contribution in [-0.2, 0) is 9.59 Å². The summed E-state index contributed by atoms with van der Waals surface area (Å²) in [6.07, 6.45) is -0.107. The van der Waals surface area contributed by atoms with Gasteiger partial charge in [0.25, 0.3) is 5.91 Å². The van der Waals surface area contributed by atoms with Gasteiger partial charge >= 0.3 is 5.97 Å². The van der Waals surface area contributed by atoms with Crippen molar-refractivity contribution in [1.82, 2.24) is 10.2 Å². The lowest BCUT2D eigenvalue weighted by atomic mass is 9.91. The highest BCUT2D eigenvalue weighted by molar-refractivity contribution is 5.97. The SMILES string of the molecule is O=C(NC(C(=O)N1CCC(O)(C(=O)O)CC1)c1ccccc1)c1ccccc1. The van der Waals surface area contributed by atoms with Gasteiger partial charge in [-0.25, -0.2) is 4.79 Å². The van der Waals surface area contributed by atoms with E-state index in [0.29, 0.717) is 11.1 Å². The molecule has 3 N–H and O–H groups in total. The first kappa shape index (κ1) is 19.6.